The van der Waals surface area contributed by atoms with Crippen LogP contribution >= 0.6 is 39.7 Å². The molecule has 1 heterocycles. The molecule has 142 valence electrons. The molecule has 1 fully saturated rings. The van der Waals surface area contributed by atoms with Gasteiger partial charge >= 0.3 is 0 Å². The SMILES string of the molecule is C[NH+]1CCN(c2ccc(NC(=S)NC(=O)c3cc(Br)ccc3Cl)cc2)CC1. The number of nitrogens with one attached hydrogen (secondary N) is 3. The van der Waals surface area contributed by atoms with Crippen LogP contribution in [0, 0.1) is 0 Å². The van der Waals surface area contributed by atoms with Crippen LogP contribution in [-0.2, 0) is 0 Å². The van der Waals surface area contributed by atoms with E-state index in [4.69, 9.17) is 23.8 Å². The highest BCUT2D eigenvalue weighted by Crippen LogP contribution is 2.21. The van der Waals surface area contributed by atoms with Crippen LogP contribution in [0.1, 0.15) is 10.4 Å². The summed E-state index contributed by atoms with van der Waals surface area (Å²) in [6.07, 6.45) is 0. The van der Waals surface area contributed by atoms with E-state index < -0.39 is 0 Å². The summed E-state index contributed by atoms with van der Waals surface area (Å²) < 4.78 is 0.775. The molecule has 0 spiro atoms. The van der Waals surface area contributed by atoms with Crippen molar-refractivity contribution in [2.75, 3.05) is 43.4 Å². The van der Waals surface area contributed by atoms with Crippen LogP contribution in [0.5, 0.6) is 0 Å². The van der Waals surface area contributed by atoms with E-state index in [0.29, 0.717) is 10.6 Å². The first-order chi connectivity index (χ1) is 12.9. The van der Waals surface area contributed by atoms with Gasteiger partial charge in [0.15, 0.2) is 5.11 Å². The van der Waals surface area contributed by atoms with Gasteiger partial charge < -0.3 is 15.1 Å². The highest BCUT2D eigenvalue weighted by Gasteiger charge is 2.17. The van der Waals surface area contributed by atoms with Crippen molar-refractivity contribution in [3.8, 4) is 0 Å². The van der Waals surface area contributed by atoms with Gasteiger partial charge in [0.05, 0.1) is 43.8 Å². The molecule has 0 aliphatic carbocycles. The van der Waals surface area contributed by atoms with Crippen LogP contribution in [0.3, 0.4) is 0 Å². The molecular formula is C19H21BrClN4OS+. The molecule has 5 nitrogen and oxygen atoms in total. The molecule has 2 aromatic rings. The zero-order chi connectivity index (χ0) is 19.4. The Morgan fingerprint density at radius 3 is 2.52 bits per heavy atom. The number of benzene rings is 2. The molecular weight excluding hydrogens is 448 g/mol. The van der Waals surface area contributed by atoms with Gasteiger partial charge in [-0.15, -0.1) is 0 Å². The van der Waals surface area contributed by atoms with Gasteiger partial charge in [-0.05, 0) is 54.7 Å². The van der Waals surface area contributed by atoms with Gasteiger partial charge in [0.2, 0.25) is 0 Å². The van der Waals surface area contributed by atoms with Crippen LogP contribution in [-0.4, -0.2) is 44.2 Å². The Morgan fingerprint density at radius 1 is 1.19 bits per heavy atom. The molecule has 0 aromatic heterocycles. The molecule has 0 atom stereocenters. The third-order valence-electron chi connectivity index (χ3n) is 4.51. The molecule has 0 unspecified atom stereocenters. The van der Waals surface area contributed by atoms with Gasteiger partial charge in [-0.1, -0.05) is 27.5 Å². The number of piperazine rings is 1. The summed E-state index contributed by atoms with van der Waals surface area (Å²) in [7, 11) is 2.22. The second kappa shape index (κ2) is 9.01. The molecule has 1 aliphatic rings. The monoisotopic (exact) mass is 467 g/mol. The molecule has 0 radical (unpaired) electrons. The predicted molar refractivity (Wildman–Crippen MR) is 118 cm³/mol. The van der Waals surface area contributed by atoms with E-state index in [1.54, 1.807) is 23.1 Å². The van der Waals surface area contributed by atoms with Crippen LogP contribution < -0.4 is 20.4 Å². The van der Waals surface area contributed by atoms with Crippen molar-refractivity contribution in [2.45, 2.75) is 0 Å². The van der Waals surface area contributed by atoms with Gasteiger partial charge in [-0.2, -0.15) is 0 Å². The van der Waals surface area contributed by atoms with Gasteiger partial charge in [-0.3, -0.25) is 10.1 Å². The highest BCUT2D eigenvalue weighted by atomic mass is 79.9. The van der Waals surface area contributed by atoms with Crippen LogP contribution in [0.15, 0.2) is 46.9 Å². The number of carbonyl (C=O) groups excluding carboxylic acids is 1. The smallest absolute Gasteiger partial charge is 0.258 e. The van der Waals surface area contributed by atoms with Crippen LogP contribution in [0.25, 0.3) is 0 Å². The number of hydrogen-bond acceptors (Lipinski definition) is 3. The summed E-state index contributed by atoms with van der Waals surface area (Å²) in [4.78, 5) is 16.3. The van der Waals surface area contributed by atoms with E-state index >= 15 is 0 Å². The summed E-state index contributed by atoms with van der Waals surface area (Å²) in [5.74, 6) is -0.352. The standard InChI is InChI=1S/C19H20BrClN4OS/c1-24-8-10-25(11-9-24)15-5-3-14(4-6-15)22-19(27)23-18(26)16-12-13(20)2-7-17(16)21/h2-7,12H,8-11H2,1H3,(H2,22,23,26,27)/p+1. The maximum atomic E-state index is 12.4. The molecule has 8 heteroatoms. The Morgan fingerprint density at radius 2 is 1.85 bits per heavy atom. The minimum absolute atomic E-state index is 0.229. The number of halogens is 2. The average molecular weight is 469 g/mol. The normalized spacial score (nSPS) is 14.7. The number of rotatable bonds is 3. The molecule has 1 amide bonds. The van der Waals surface area contributed by atoms with Crippen molar-refractivity contribution in [3.05, 3.63) is 57.5 Å². The molecule has 0 bridgehead atoms. The van der Waals surface area contributed by atoms with Crippen LogP contribution in [0.4, 0.5) is 11.4 Å². The minimum atomic E-state index is -0.352. The van der Waals surface area contributed by atoms with E-state index in [1.807, 2.05) is 12.1 Å². The second-order valence-corrected chi connectivity index (χ2v) is 8.25. The molecule has 1 saturated heterocycles. The Hall–Kier alpha value is -1.67. The summed E-state index contributed by atoms with van der Waals surface area (Å²) in [6.45, 7) is 4.41. The first-order valence-corrected chi connectivity index (χ1v) is 10.2. The summed E-state index contributed by atoms with van der Waals surface area (Å²) in [5, 5.41) is 6.30. The summed E-state index contributed by atoms with van der Waals surface area (Å²) in [5.41, 5.74) is 2.38. The third kappa shape index (κ3) is 5.42. The number of likely N-dealkylation sites (N-methyl/N-ethyl adjacent to an activating group) is 1. The number of thiocarbonyl (C=S) groups is 1. The first-order valence-electron chi connectivity index (χ1n) is 8.66. The quantitative estimate of drug-likeness (QED) is 0.606. The molecule has 3 N–H and O–H groups in total. The lowest BCUT2D eigenvalue weighted by Gasteiger charge is -2.31. The van der Waals surface area contributed by atoms with E-state index in [-0.39, 0.29) is 11.0 Å². The second-order valence-electron chi connectivity index (χ2n) is 6.52. The van der Waals surface area contributed by atoms with E-state index in [1.165, 1.54) is 5.69 Å². The Kier molecular flexibility index (Phi) is 6.70. The van der Waals surface area contributed by atoms with E-state index in [9.17, 15) is 4.79 Å². The van der Waals surface area contributed by atoms with E-state index in [0.717, 1.165) is 36.3 Å². The van der Waals surface area contributed by atoms with Crippen molar-refractivity contribution in [3.63, 3.8) is 0 Å². The Balaban J connectivity index is 1.57. The number of quaternary nitrogens is 1. The number of nitrogens with zero attached hydrogens (tertiary/aromatic N) is 1. The topological polar surface area (TPSA) is 48.8 Å². The number of hydrogen-bond donors (Lipinski definition) is 3. The summed E-state index contributed by atoms with van der Waals surface area (Å²) >= 11 is 14.7. The maximum absolute atomic E-state index is 12.4. The molecule has 3 rings (SSSR count). The number of amides is 1. The maximum Gasteiger partial charge on any atom is 0.258 e. The minimum Gasteiger partial charge on any atom is -0.360 e. The molecule has 0 saturated carbocycles. The largest absolute Gasteiger partial charge is 0.360 e. The van der Waals surface area contributed by atoms with Crippen molar-refractivity contribution >= 4 is 62.1 Å². The van der Waals surface area contributed by atoms with Crippen molar-refractivity contribution < 1.29 is 9.69 Å². The highest BCUT2D eigenvalue weighted by molar-refractivity contribution is 9.10. The van der Waals surface area contributed by atoms with Crippen molar-refractivity contribution in [2.24, 2.45) is 0 Å². The van der Waals surface area contributed by atoms with Crippen LogP contribution in [0.2, 0.25) is 5.02 Å². The lowest BCUT2D eigenvalue weighted by Crippen LogP contribution is -3.12. The lowest BCUT2D eigenvalue weighted by molar-refractivity contribution is -0.880. The number of anilines is 2. The Labute approximate surface area is 177 Å². The molecule has 27 heavy (non-hydrogen) atoms. The zero-order valence-corrected chi connectivity index (χ0v) is 18.0. The predicted octanol–water partition coefficient (Wildman–Crippen LogP) is 2.56. The third-order valence-corrected chi connectivity index (χ3v) is 5.53. The Bertz CT molecular complexity index is 838. The lowest BCUT2D eigenvalue weighted by atomic mass is 10.2. The first kappa shape index (κ1) is 20.1. The fraction of sp³-hybridized carbons (Fsp3) is 0.263. The van der Waals surface area contributed by atoms with Gasteiger partial charge in [0, 0.05) is 15.8 Å². The fourth-order valence-corrected chi connectivity index (χ4v) is 3.68. The number of carbonyl (C=O) groups is 1. The van der Waals surface area contributed by atoms with Gasteiger partial charge in [0.1, 0.15) is 0 Å². The molecule has 2 aromatic carbocycles. The molecule has 1 aliphatic heterocycles. The average Bonchev–Trinajstić information content (AvgIpc) is 2.65. The van der Waals surface area contributed by atoms with Crippen molar-refractivity contribution in [1.29, 1.82) is 0 Å². The van der Waals surface area contributed by atoms with Crippen molar-refractivity contribution in [1.82, 2.24) is 5.32 Å². The van der Waals surface area contributed by atoms with Gasteiger partial charge in [-0.25, -0.2) is 0 Å². The van der Waals surface area contributed by atoms with E-state index in [2.05, 4.69) is 50.6 Å². The summed E-state index contributed by atoms with van der Waals surface area (Å²) in [6, 6.07) is 13.2. The van der Waals surface area contributed by atoms with Gasteiger partial charge in [0.25, 0.3) is 5.91 Å². The fourth-order valence-electron chi connectivity index (χ4n) is 2.91. The zero-order valence-electron chi connectivity index (χ0n) is 14.9.